The van der Waals surface area contributed by atoms with E-state index in [4.69, 9.17) is 0 Å². The number of likely N-dealkylation sites (tertiary alicyclic amines) is 1. The highest BCUT2D eigenvalue weighted by Gasteiger charge is 2.30. The number of pyridine rings is 1. The number of carbonyl (C=O) groups is 1. The third-order valence-electron chi connectivity index (χ3n) is 4.59. The van der Waals surface area contributed by atoms with Crippen LogP contribution >= 0.6 is 0 Å². The Morgan fingerprint density at radius 1 is 1.32 bits per heavy atom. The minimum absolute atomic E-state index is 0.0243. The molecule has 1 fully saturated rings. The molecular weight excluding hydrogens is 322 g/mol. The number of amides is 1. The minimum atomic E-state index is -0.727. The normalized spacial score (nSPS) is 16.8. The molecule has 1 atom stereocenters. The van der Waals surface area contributed by atoms with Crippen LogP contribution in [0.25, 0.3) is 0 Å². The van der Waals surface area contributed by atoms with E-state index in [1.807, 2.05) is 36.1 Å². The summed E-state index contributed by atoms with van der Waals surface area (Å²) in [4.78, 5) is 36.2. The van der Waals surface area contributed by atoms with Gasteiger partial charge in [0.05, 0.1) is 17.2 Å². The van der Waals surface area contributed by atoms with Crippen LogP contribution in [0.4, 0.5) is 5.69 Å². The first-order valence-corrected chi connectivity index (χ1v) is 8.17. The number of rotatable bonds is 4. The van der Waals surface area contributed by atoms with Crippen molar-refractivity contribution in [2.45, 2.75) is 32.4 Å². The second kappa shape index (κ2) is 6.88. The van der Waals surface area contributed by atoms with E-state index < -0.39 is 16.0 Å². The van der Waals surface area contributed by atoms with Crippen molar-refractivity contribution < 1.29 is 9.72 Å². The summed E-state index contributed by atoms with van der Waals surface area (Å²) in [6, 6.07) is 9.15. The van der Waals surface area contributed by atoms with Gasteiger partial charge in [0, 0.05) is 18.8 Å². The van der Waals surface area contributed by atoms with Crippen molar-refractivity contribution in [1.82, 2.24) is 9.47 Å². The molecule has 0 N–H and O–H groups in total. The molecule has 1 aromatic carbocycles. The summed E-state index contributed by atoms with van der Waals surface area (Å²) in [5.74, 6) is -0.108. The van der Waals surface area contributed by atoms with Crippen LogP contribution in [0.1, 0.15) is 30.0 Å². The molecule has 1 saturated heterocycles. The lowest BCUT2D eigenvalue weighted by molar-refractivity contribution is -0.386. The van der Waals surface area contributed by atoms with E-state index in [2.05, 4.69) is 0 Å². The van der Waals surface area contributed by atoms with E-state index in [0.717, 1.165) is 36.2 Å². The zero-order valence-electron chi connectivity index (χ0n) is 13.9. The van der Waals surface area contributed by atoms with Gasteiger partial charge in [-0.15, -0.1) is 0 Å². The Labute approximate surface area is 144 Å². The van der Waals surface area contributed by atoms with Crippen molar-refractivity contribution in [3.05, 3.63) is 74.2 Å². The van der Waals surface area contributed by atoms with Gasteiger partial charge in [-0.3, -0.25) is 19.7 Å². The number of nitrogens with zero attached hydrogens (tertiary/aromatic N) is 3. The molecule has 1 amide bonds. The van der Waals surface area contributed by atoms with E-state index in [0.29, 0.717) is 6.54 Å². The highest BCUT2D eigenvalue weighted by Crippen LogP contribution is 2.33. The van der Waals surface area contributed by atoms with Crippen LogP contribution in [-0.4, -0.2) is 26.8 Å². The predicted octanol–water partition coefficient (Wildman–Crippen LogP) is 2.43. The smallest absolute Gasteiger partial charge is 0.332 e. The number of hydrogen-bond acceptors (Lipinski definition) is 4. The Bertz CT molecular complexity index is 875. The van der Waals surface area contributed by atoms with E-state index in [9.17, 15) is 19.7 Å². The summed E-state index contributed by atoms with van der Waals surface area (Å²) >= 11 is 0. The molecule has 2 heterocycles. The first-order valence-electron chi connectivity index (χ1n) is 8.17. The number of hydrogen-bond donors (Lipinski definition) is 0. The molecule has 1 aromatic heterocycles. The predicted molar refractivity (Wildman–Crippen MR) is 92.2 cm³/mol. The van der Waals surface area contributed by atoms with Gasteiger partial charge in [0.1, 0.15) is 6.54 Å². The van der Waals surface area contributed by atoms with Crippen molar-refractivity contribution in [3.8, 4) is 0 Å². The Hall–Kier alpha value is -2.96. The van der Waals surface area contributed by atoms with Gasteiger partial charge in [-0.25, -0.2) is 0 Å². The van der Waals surface area contributed by atoms with Crippen LogP contribution in [0.3, 0.4) is 0 Å². The van der Waals surface area contributed by atoms with Gasteiger partial charge in [-0.05, 0) is 30.9 Å². The molecule has 3 rings (SSSR count). The maximum absolute atomic E-state index is 12.7. The lowest BCUT2D eigenvalue weighted by Gasteiger charge is -2.26. The summed E-state index contributed by atoms with van der Waals surface area (Å²) in [5, 5.41) is 10.9. The maximum atomic E-state index is 12.7. The van der Waals surface area contributed by atoms with E-state index in [-0.39, 0.29) is 18.5 Å². The average Bonchev–Trinajstić information content (AvgIpc) is 3.06. The SMILES string of the molecule is Cc1ccccc1C1CCCN1C(=O)Cn1ccc(=O)c([N+](=O)[O-])c1. The molecule has 7 heteroatoms. The van der Waals surface area contributed by atoms with Gasteiger partial charge >= 0.3 is 5.69 Å². The number of aromatic nitrogens is 1. The van der Waals surface area contributed by atoms with E-state index >= 15 is 0 Å². The Balaban J connectivity index is 1.81. The zero-order chi connectivity index (χ0) is 18.0. The number of aryl methyl sites for hydroxylation is 1. The van der Waals surface area contributed by atoms with Gasteiger partial charge in [-0.1, -0.05) is 24.3 Å². The maximum Gasteiger partial charge on any atom is 0.332 e. The van der Waals surface area contributed by atoms with Crippen molar-refractivity contribution >= 4 is 11.6 Å². The summed E-state index contributed by atoms with van der Waals surface area (Å²) in [6.07, 6.45) is 4.36. The third-order valence-corrected chi connectivity index (χ3v) is 4.59. The standard InChI is InChI=1S/C18H19N3O4/c1-13-5-2-3-6-14(13)15-7-4-9-20(15)18(23)12-19-10-8-17(22)16(11-19)21(24)25/h2-3,5-6,8,10-11,15H,4,7,9,12H2,1H3. The molecule has 0 bridgehead atoms. The molecular formula is C18H19N3O4. The lowest BCUT2D eigenvalue weighted by atomic mass is 9.99. The van der Waals surface area contributed by atoms with Crippen LogP contribution in [0, 0.1) is 17.0 Å². The van der Waals surface area contributed by atoms with Crippen LogP contribution in [0.15, 0.2) is 47.5 Å². The van der Waals surface area contributed by atoms with Crippen LogP contribution in [0.5, 0.6) is 0 Å². The third kappa shape index (κ3) is 3.45. The monoisotopic (exact) mass is 341 g/mol. The summed E-state index contributed by atoms with van der Waals surface area (Å²) in [7, 11) is 0. The summed E-state index contributed by atoms with van der Waals surface area (Å²) < 4.78 is 1.40. The molecule has 130 valence electrons. The Morgan fingerprint density at radius 3 is 2.80 bits per heavy atom. The molecule has 1 aliphatic heterocycles. The van der Waals surface area contributed by atoms with Gasteiger partial charge in [0.2, 0.25) is 5.91 Å². The van der Waals surface area contributed by atoms with E-state index in [1.54, 1.807) is 0 Å². The Kier molecular flexibility index (Phi) is 4.65. The first-order chi connectivity index (χ1) is 12.0. The molecule has 1 aliphatic rings. The topological polar surface area (TPSA) is 85.5 Å². The largest absolute Gasteiger partial charge is 0.339 e. The van der Waals surface area contributed by atoms with Crippen LogP contribution in [-0.2, 0) is 11.3 Å². The lowest BCUT2D eigenvalue weighted by Crippen LogP contribution is -2.33. The number of carbonyl (C=O) groups excluding carboxylic acids is 1. The second-order valence-electron chi connectivity index (χ2n) is 6.23. The minimum Gasteiger partial charge on any atom is -0.339 e. The van der Waals surface area contributed by atoms with Gasteiger partial charge in [0.15, 0.2) is 0 Å². The molecule has 2 aromatic rings. The van der Waals surface area contributed by atoms with Crippen LogP contribution < -0.4 is 5.43 Å². The van der Waals surface area contributed by atoms with Crippen molar-refractivity contribution in [3.63, 3.8) is 0 Å². The van der Waals surface area contributed by atoms with Gasteiger partial charge in [-0.2, -0.15) is 0 Å². The number of benzene rings is 1. The molecule has 0 spiro atoms. The molecule has 0 aliphatic carbocycles. The summed E-state index contributed by atoms with van der Waals surface area (Å²) in [6.45, 7) is 2.67. The molecule has 7 nitrogen and oxygen atoms in total. The fraction of sp³-hybridized carbons (Fsp3) is 0.333. The first kappa shape index (κ1) is 16.9. The zero-order valence-corrected chi connectivity index (χ0v) is 13.9. The fourth-order valence-electron chi connectivity index (χ4n) is 3.34. The molecule has 0 saturated carbocycles. The molecule has 25 heavy (non-hydrogen) atoms. The number of nitro groups is 1. The van der Waals surface area contributed by atoms with Crippen molar-refractivity contribution in [2.24, 2.45) is 0 Å². The fourth-order valence-corrected chi connectivity index (χ4v) is 3.34. The average molecular weight is 341 g/mol. The second-order valence-corrected chi connectivity index (χ2v) is 6.23. The summed E-state index contributed by atoms with van der Waals surface area (Å²) in [5.41, 5.74) is 1.10. The van der Waals surface area contributed by atoms with Crippen LogP contribution in [0.2, 0.25) is 0 Å². The van der Waals surface area contributed by atoms with Gasteiger partial charge in [0.25, 0.3) is 5.43 Å². The Morgan fingerprint density at radius 2 is 2.08 bits per heavy atom. The highest BCUT2D eigenvalue weighted by atomic mass is 16.6. The van der Waals surface area contributed by atoms with Crippen molar-refractivity contribution in [2.75, 3.05) is 6.54 Å². The van der Waals surface area contributed by atoms with Gasteiger partial charge < -0.3 is 9.47 Å². The quantitative estimate of drug-likeness (QED) is 0.631. The molecule has 1 unspecified atom stereocenters. The highest BCUT2D eigenvalue weighted by molar-refractivity contribution is 5.77. The van der Waals surface area contributed by atoms with E-state index in [1.165, 1.54) is 10.8 Å². The van der Waals surface area contributed by atoms with Crippen molar-refractivity contribution in [1.29, 1.82) is 0 Å². The molecule has 0 radical (unpaired) electrons.